The normalized spacial score (nSPS) is 11.3. The van der Waals surface area contributed by atoms with E-state index in [1.54, 1.807) is 40.9 Å². The molecule has 1 aromatic carbocycles. The smallest absolute Gasteiger partial charge is 0.275 e. The molecule has 0 bridgehead atoms. The van der Waals surface area contributed by atoms with Crippen molar-refractivity contribution in [2.45, 2.75) is 19.5 Å². The highest BCUT2D eigenvalue weighted by atomic mass is 19.1. The van der Waals surface area contributed by atoms with Gasteiger partial charge < -0.3 is 18.7 Å². The number of fused-ring (bicyclic) bond motifs is 3. The number of halogens is 1. The number of benzene rings is 1. The summed E-state index contributed by atoms with van der Waals surface area (Å²) < 4.78 is 22.1. The van der Waals surface area contributed by atoms with Crippen LogP contribution in [0.25, 0.3) is 16.6 Å². The van der Waals surface area contributed by atoms with Crippen LogP contribution in [0.2, 0.25) is 0 Å². The van der Waals surface area contributed by atoms with Crippen LogP contribution >= 0.6 is 0 Å². The van der Waals surface area contributed by atoms with Crippen molar-refractivity contribution in [1.29, 1.82) is 0 Å². The van der Waals surface area contributed by atoms with Gasteiger partial charge in [-0.2, -0.15) is 0 Å². The predicted molar refractivity (Wildman–Crippen MR) is 94.3 cm³/mol. The van der Waals surface area contributed by atoms with E-state index in [0.29, 0.717) is 22.3 Å². The van der Waals surface area contributed by atoms with Gasteiger partial charge in [0.1, 0.15) is 17.1 Å². The lowest BCUT2D eigenvalue weighted by Gasteiger charge is -2.12. The van der Waals surface area contributed by atoms with Crippen molar-refractivity contribution >= 4 is 22.5 Å². The third-order valence-electron chi connectivity index (χ3n) is 4.30. The van der Waals surface area contributed by atoms with Crippen LogP contribution in [-0.4, -0.2) is 14.9 Å². The summed E-state index contributed by atoms with van der Waals surface area (Å²) in [6, 6.07) is 11.3. The first kappa shape index (κ1) is 16.1. The van der Waals surface area contributed by atoms with Gasteiger partial charge in [0.2, 0.25) is 5.91 Å². The average molecular weight is 353 g/mol. The zero-order chi connectivity index (χ0) is 18.1. The summed E-state index contributed by atoms with van der Waals surface area (Å²) >= 11 is 0. The molecule has 1 amide bonds. The Morgan fingerprint density at radius 2 is 2.00 bits per heavy atom. The monoisotopic (exact) mass is 353 g/mol. The summed E-state index contributed by atoms with van der Waals surface area (Å²) in [4.78, 5) is 24.8. The number of aromatic nitrogens is 2. The fourth-order valence-electron chi connectivity index (χ4n) is 3.05. The van der Waals surface area contributed by atoms with Gasteiger partial charge in [0.15, 0.2) is 0 Å². The molecule has 0 spiro atoms. The SMILES string of the molecule is O=C(CCn1c(=O)c2cccn2c2ccc(F)cc21)NCc1ccco1. The quantitative estimate of drug-likeness (QED) is 0.600. The van der Waals surface area contributed by atoms with Gasteiger partial charge in [0, 0.05) is 19.2 Å². The molecular weight excluding hydrogens is 337 g/mol. The minimum absolute atomic E-state index is 0.100. The molecule has 7 heteroatoms. The average Bonchev–Trinajstić information content (AvgIpc) is 3.31. The highest BCUT2D eigenvalue weighted by Gasteiger charge is 2.12. The second-order valence-corrected chi connectivity index (χ2v) is 5.96. The van der Waals surface area contributed by atoms with E-state index in [2.05, 4.69) is 5.32 Å². The number of carbonyl (C=O) groups excluding carboxylic acids is 1. The van der Waals surface area contributed by atoms with E-state index in [0.717, 1.165) is 0 Å². The lowest BCUT2D eigenvalue weighted by molar-refractivity contribution is -0.121. The van der Waals surface area contributed by atoms with Gasteiger partial charge in [-0.1, -0.05) is 0 Å². The minimum Gasteiger partial charge on any atom is -0.467 e. The van der Waals surface area contributed by atoms with Gasteiger partial charge in [-0.05, 0) is 42.5 Å². The summed E-state index contributed by atoms with van der Waals surface area (Å²) in [5.74, 6) is 0.00480. The molecule has 0 aliphatic heterocycles. The number of hydrogen-bond acceptors (Lipinski definition) is 3. The summed E-state index contributed by atoms with van der Waals surface area (Å²) in [6.45, 7) is 0.443. The Bertz CT molecular complexity index is 1140. The first-order chi connectivity index (χ1) is 12.6. The highest BCUT2D eigenvalue weighted by Crippen LogP contribution is 2.17. The van der Waals surface area contributed by atoms with Crippen molar-refractivity contribution in [2.24, 2.45) is 0 Å². The number of aryl methyl sites for hydroxylation is 1. The van der Waals surface area contributed by atoms with Gasteiger partial charge in [-0.3, -0.25) is 9.59 Å². The molecule has 0 aliphatic rings. The fourth-order valence-corrected chi connectivity index (χ4v) is 3.05. The Balaban J connectivity index is 1.62. The highest BCUT2D eigenvalue weighted by molar-refractivity contribution is 5.80. The molecule has 0 aliphatic carbocycles. The standard InChI is InChI=1S/C19H16FN3O3/c20-13-5-6-15-17(11-13)23(19(25)16-4-1-8-22(15)16)9-7-18(24)21-12-14-3-2-10-26-14/h1-6,8,10-11H,7,9,12H2,(H,21,24). The molecule has 0 fully saturated rings. The van der Waals surface area contributed by atoms with Crippen molar-refractivity contribution in [3.63, 3.8) is 0 Å². The van der Waals surface area contributed by atoms with Gasteiger partial charge in [0.25, 0.3) is 5.56 Å². The largest absolute Gasteiger partial charge is 0.467 e. The number of carbonyl (C=O) groups is 1. The van der Waals surface area contributed by atoms with Gasteiger partial charge >= 0.3 is 0 Å². The van der Waals surface area contributed by atoms with Crippen molar-refractivity contribution in [3.8, 4) is 0 Å². The molecule has 0 unspecified atom stereocenters. The summed E-state index contributed by atoms with van der Waals surface area (Å²) in [5.41, 5.74) is 1.39. The summed E-state index contributed by atoms with van der Waals surface area (Å²) in [5, 5.41) is 2.74. The number of amides is 1. The van der Waals surface area contributed by atoms with Crippen LogP contribution in [0.3, 0.4) is 0 Å². The van der Waals surface area contributed by atoms with E-state index in [9.17, 15) is 14.0 Å². The van der Waals surface area contributed by atoms with E-state index in [1.165, 1.54) is 23.0 Å². The van der Waals surface area contributed by atoms with Crippen LogP contribution in [0.1, 0.15) is 12.2 Å². The molecule has 3 aromatic heterocycles. The third kappa shape index (κ3) is 2.88. The molecule has 0 radical (unpaired) electrons. The van der Waals surface area contributed by atoms with Gasteiger partial charge in [-0.25, -0.2) is 4.39 Å². The van der Waals surface area contributed by atoms with Crippen molar-refractivity contribution in [3.05, 3.63) is 76.9 Å². The summed E-state index contributed by atoms with van der Waals surface area (Å²) in [7, 11) is 0. The van der Waals surface area contributed by atoms with E-state index < -0.39 is 5.82 Å². The Morgan fingerprint density at radius 1 is 1.12 bits per heavy atom. The predicted octanol–water partition coefficient (Wildman–Crippen LogP) is 2.69. The first-order valence-electron chi connectivity index (χ1n) is 8.22. The Labute approximate surface area is 147 Å². The molecule has 26 heavy (non-hydrogen) atoms. The zero-order valence-electron chi connectivity index (χ0n) is 13.8. The Hall–Kier alpha value is -3.35. The second-order valence-electron chi connectivity index (χ2n) is 5.96. The topological polar surface area (TPSA) is 68.7 Å². The van der Waals surface area contributed by atoms with Crippen LogP contribution in [0.5, 0.6) is 0 Å². The van der Waals surface area contributed by atoms with Crippen LogP contribution in [0.15, 0.2) is 64.1 Å². The molecule has 6 nitrogen and oxygen atoms in total. The van der Waals surface area contributed by atoms with E-state index >= 15 is 0 Å². The lowest BCUT2D eigenvalue weighted by Crippen LogP contribution is -2.28. The second kappa shape index (κ2) is 6.51. The van der Waals surface area contributed by atoms with Crippen molar-refractivity contribution in [1.82, 2.24) is 14.3 Å². The van der Waals surface area contributed by atoms with Crippen molar-refractivity contribution < 1.29 is 13.6 Å². The maximum absolute atomic E-state index is 13.7. The van der Waals surface area contributed by atoms with Crippen LogP contribution in [0.4, 0.5) is 4.39 Å². The van der Waals surface area contributed by atoms with Gasteiger partial charge in [-0.15, -0.1) is 0 Å². The summed E-state index contributed by atoms with van der Waals surface area (Å²) in [6.07, 6.45) is 3.40. The fraction of sp³-hybridized carbons (Fsp3) is 0.158. The molecular formula is C19H16FN3O3. The number of nitrogens with zero attached hydrogens (tertiary/aromatic N) is 2. The minimum atomic E-state index is -0.431. The number of nitrogens with one attached hydrogen (secondary N) is 1. The van der Waals surface area contributed by atoms with Crippen molar-refractivity contribution in [2.75, 3.05) is 0 Å². The molecule has 4 aromatic rings. The maximum atomic E-state index is 13.7. The van der Waals surface area contributed by atoms with Crippen LogP contribution in [-0.2, 0) is 17.9 Å². The zero-order valence-corrected chi connectivity index (χ0v) is 13.8. The molecule has 0 saturated carbocycles. The molecule has 3 heterocycles. The Morgan fingerprint density at radius 3 is 2.81 bits per heavy atom. The Kier molecular flexibility index (Phi) is 4.04. The number of hydrogen-bond donors (Lipinski definition) is 1. The van der Waals surface area contributed by atoms with Gasteiger partial charge in [0.05, 0.1) is 23.8 Å². The molecule has 0 atom stereocenters. The lowest BCUT2D eigenvalue weighted by atomic mass is 10.2. The van der Waals surface area contributed by atoms with Crippen LogP contribution < -0.4 is 10.9 Å². The van der Waals surface area contributed by atoms with E-state index in [-0.39, 0.29) is 31.0 Å². The first-order valence-corrected chi connectivity index (χ1v) is 8.22. The molecule has 4 rings (SSSR count). The number of furan rings is 1. The third-order valence-corrected chi connectivity index (χ3v) is 4.30. The van der Waals surface area contributed by atoms with Crippen LogP contribution in [0, 0.1) is 5.82 Å². The van der Waals surface area contributed by atoms with E-state index in [1.807, 2.05) is 0 Å². The molecule has 132 valence electrons. The maximum Gasteiger partial charge on any atom is 0.275 e. The molecule has 1 N–H and O–H groups in total. The molecule has 0 saturated heterocycles. The number of rotatable bonds is 5. The van der Waals surface area contributed by atoms with E-state index in [4.69, 9.17) is 4.42 Å².